The molecule has 0 bridgehead atoms. The van der Waals surface area contributed by atoms with Gasteiger partial charge >= 0.3 is 11.6 Å². The molecule has 27 heavy (non-hydrogen) atoms. The van der Waals surface area contributed by atoms with Crippen molar-refractivity contribution >= 4 is 16.9 Å². The Kier molecular flexibility index (Phi) is 5.40. The van der Waals surface area contributed by atoms with Crippen LogP contribution in [0.15, 0.2) is 51.7 Å². The monoisotopic (exact) mass is 368 g/mol. The second kappa shape index (κ2) is 7.74. The molecule has 5 heteroatoms. The Labute approximate surface area is 156 Å². The van der Waals surface area contributed by atoms with Gasteiger partial charge in [0.1, 0.15) is 18.0 Å². The van der Waals surface area contributed by atoms with Crippen LogP contribution in [0.1, 0.15) is 42.0 Å². The number of hydrogen-bond acceptors (Lipinski definition) is 4. The molecule has 0 unspecified atom stereocenters. The third-order valence-electron chi connectivity index (χ3n) is 4.52. The van der Waals surface area contributed by atoms with Crippen LogP contribution >= 0.6 is 0 Å². The molecule has 1 aromatic heterocycles. The van der Waals surface area contributed by atoms with Crippen LogP contribution in [0.3, 0.4) is 0 Å². The zero-order valence-electron chi connectivity index (χ0n) is 15.5. The molecule has 2 aromatic carbocycles. The maximum atomic E-state index is 13.7. The van der Waals surface area contributed by atoms with Crippen LogP contribution in [0.5, 0.6) is 0 Å². The van der Waals surface area contributed by atoms with Gasteiger partial charge in [-0.3, -0.25) is 4.79 Å². The number of benzene rings is 2. The van der Waals surface area contributed by atoms with Crippen LogP contribution in [-0.2, 0) is 22.6 Å². The second-order valence-electron chi connectivity index (χ2n) is 6.88. The number of fused-ring (bicyclic) bond motifs is 1. The van der Waals surface area contributed by atoms with Crippen molar-refractivity contribution < 1.29 is 18.3 Å². The van der Waals surface area contributed by atoms with Crippen molar-refractivity contribution in [1.82, 2.24) is 0 Å². The summed E-state index contributed by atoms with van der Waals surface area (Å²) in [6, 6.07) is 11.2. The van der Waals surface area contributed by atoms with Crippen molar-refractivity contribution in [1.29, 1.82) is 0 Å². The topological polar surface area (TPSA) is 56.5 Å². The van der Waals surface area contributed by atoms with Gasteiger partial charge in [-0.25, -0.2) is 9.18 Å². The number of hydrogen-bond donors (Lipinski definition) is 0. The first kappa shape index (κ1) is 18.8. The number of ether oxygens (including phenoxy) is 1. The zero-order chi connectivity index (χ0) is 19.6. The second-order valence-corrected chi connectivity index (χ2v) is 6.88. The molecule has 0 fully saturated rings. The Hall–Kier alpha value is -2.95. The Balaban J connectivity index is 1.85. The van der Waals surface area contributed by atoms with Crippen molar-refractivity contribution in [2.45, 2.75) is 39.7 Å². The van der Waals surface area contributed by atoms with Gasteiger partial charge in [0.25, 0.3) is 0 Å². The molecule has 0 N–H and O–H groups in total. The van der Waals surface area contributed by atoms with Gasteiger partial charge in [-0.2, -0.15) is 0 Å². The van der Waals surface area contributed by atoms with Crippen LogP contribution in [-0.4, -0.2) is 5.97 Å². The summed E-state index contributed by atoms with van der Waals surface area (Å²) in [5.74, 6) is -0.701. The van der Waals surface area contributed by atoms with Crippen molar-refractivity contribution in [2.24, 2.45) is 0 Å². The fourth-order valence-electron chi connectivity index (χ4n) is 3.14. The summed E-state index contributed by atoms with van der Waals surface area (Å²) in [5, 5.41) is 0.739. The number of rotatable bonds is 5. The third kappa shape index (κ3) is 4.25. The number of halogens is 1. The Bertz CT molecular complexity index is 1050. The quantitative estimate of drug-likeness (QED) is 0.486. The lowest BCUT2D eigenvalue weighted by molar-refractivity contribution is -0.144. The summed E-state index contributed by atoms with van der Waals surface area (Å²) in [6.45, 7) is 6.06. The summed E-state index contributed by atoms with van der Waals surface area (Å²) in [7, 11) is 0. The molecule has 0 amide bonds. The molecule has 4 nitrogen and oxygen atoms in total. The smallest absolute Gasteiger partial charge is 0.336 e. The van der Waals surface area contributed by atoms with Crippen LogP contribution in [0, 0.1) is 12.7 Å². The fraction of sp³-hybridized carbons (Fsp3) is 0.273. The number of carbonyl (C=O) groups is 1. The SMILES string of the molecule is Cc1cc2oc(=O)cc(COC(=O)Cc3ccccc3F)c2cc1C(C)C. The van der Waals surface area contributed by atoms with Crippen LogP contribution in [0.25, 0.3) is 11.0 Å². The average molecular weight is 368 g/mol. The van der Waals surface area contributed by atoms with E-state index in [9.17, 15) is 14.0 Å². The summed E-state index contributed by atoms with van der Waals surface area (Å²) in [6.07, 6.45) is -0.164. The minimum absolute atomic E-state index is 0.0734. The van der Waals surface area contributed by atoms with E-state index in [1.54, 1.807) is 18.2 Å². The van der Waals surface area contributed by atoms with E-state index in [0.717, 1.165) is 16.5 Å². The van der Waals surface area contributed by atoms with Crippen LogP contribution < -0.4 is 5.63 Å². The molecule has 0 saturated carbocycles. The summed E-state index contributed by atoms with van der Waals surface area (Å²) < 4.78 is 24.3. The molecule has 0 aliphatic heterocycles. The maximum Gasteiger partial charge on any atom is 0.336 e. The molecule has 0 atom stereocenters. The molecule has 0 saturated heterocycles. The molecule has 0 spiro atoms. The Morgan fingerprint density at radius 2 is 1.89 bits per heavy atom. The number of aryl methyl sites for hydroxylation is 1. The molecule has 140 valence electrons. The predicted molar refractivity (Wildman–Crippen MR) is 101 cm³/mol. The zero-order valence-corrected chi connectivity index (χ0v) is 15.5. The predicted octanol–water partition coefficient (Wildman–Crippen LogP) is 4.65. The lowest BCUT2D eigenvalue weighted by atomic mass is 9.95. The summed E-state index contributed by atoms with van der Waals surface area (Å²) >= 11 is 0. The first-order valence-corrected chi connectivity index (χ1v) is 8.81. The minimum atomic E-state index is -0.558. The van der Waals surface area contributed by atoms with E-state index >= 15 is 0 Å². The van der Waals surface area contributed by atoms with Gasteiger partial charge in [0.15, 0.2) is 0 Å². The van der Waals surface area contributed by atoms with Gasteiger partial charge in [0, 0.05) is 17.0 Å². The normalized spacial score (nSPS) is 11.1. The fourth-order valence-corrected chi connectivity index (χ4v) is 3.14. The largest absolute Gasteiger partial charge is 0.461 e. The molecule has 0 aliphatic carbocycles. The van der Waals surface area contributed by atoms with Gasteiger partial charge < -0.3 is 9.15 Å². The van der Waals surface area contributed by atoms with Crippen molar-refractivity contribution in [3.8, 4) is 0 Å². The van der Waals surface area contributed by atoms with Gasteiger partial charge in [-0.1, -0.05) is 32.0 Å². The number of carbonyl (C=O) groups excluding carboxylic acids is 1. The van der Waals surface area contributed by atoms with Crippen LogP contribution in [0.4, 0.5) is 4.39 Å². The molecule has 1 heterocycles. The highest BCUT2D eigenvalue weighted by Gasteiger charge is 2.14. The molecule has 0 aliphatic rings. The molecular formula is C22H21FO4. The van der Waals surface area contributed by atoms with Gasteiger partial charge in [-0.05, 0) is 47.7 Å². The highest BCUT2D eigenvalue weighted by Crippen LogP contribution is 2.27. The average Bonchev–Trinajstić information content (AvgIpc) is 2.60. The summed E-state index contributed by atoms with van der Waals surface area (Å²) in [4.78, 5) is 24.0. The Morgan fingerprint density at radius 1 is 1.15 bits per heavy atom. The minimum Gasteiger partial charge on any atom is -0.461 e. The van der Waals surface area contributed by atoms with Crippen molar-refractivity contribution in [3.63, 3.8) is 0 Å². The van der Waals surface area contributed by atoms with E-state index in [4.69, 9.17) is 9.15 Å². The van der Waals surface area contributed by atoms with Crippen LogP contribution in [0.2, 0.25) is 0 Å². The highest BCUT2D eigenvalue weighted by atomic mass is 19.1. The molecule has 0 radical (unpaired) electrons. The molecular weight excluding hydrogens is 347 g/mol. The van der Waals surface area contributed by atoms with E-state index in [0.29, 0.717) is 17.1 Å². The Morgan fingerprint density at radius 3 is 2.59 bits per heavy atom. The standard InChI is InChI=1S/C22H21FO4/c1-13(2)17-11-18-16(10-22(25)27-20(18)8-14(17)3)12-26-21(24)9-15-6-4-5-7-19(15)23/h4-8,10-11,13H,9,12H2,1-3H3. The van der Waals surface area contributed by atoms with Crippen molar-refractivity contribution in [3.05, 3.63) is 81.0 Å². The lowest BCUT2D eigenvalue weighted by Gasteiger charge is -2.13. The maximum absolute atomic E-state index is 13.7. The first-order valence-electron chi connectivity index (χ1n) is 8.81. The van der Waals surface area contributed by atoms with Gasteiger partial charge in [-0.15, -0.1) is 0 Å². The van der Waals surface area contributed by atoms with E-state index in [1.807, 2.05) is 19.1 Å². The summed E-state index contributed by atoms with van der Waals surface area (Å²) in [5.41, 5.74) is 2.98. The first-order chi connectivity index (χ1) is 12.8. The van der Waals surface area contributed by atoms with E-state index in [1.165, 1.54) is 12.1 Å². The van der Waals surface area contributed by atoms with Crippen molar-refractivity contribution in [2.75, 3.05) is 0 Å². The molecule has 3 rings (SSSR count). The van der Waals surface area contributed by atoms with E-state index in [-0.39, 0.29) is 18.6 Å². The molecule has 3 aromatic rings. The third-order valence-corrected chi connectivity index (χ3v) is 4.52. The van der Waals surface area contributed by atoms with Gasteiger partial charge in [0.05, 0.1) is 6.42 Å². The van der Waals surface area contributed by atoms with E-state index in [2.05, 4.69) is 13.8 Å². The van der Waals surface area contributed by atoms with Gasteiger partial charge in [0.2, 0.25) is 0 Å². The van der Waals surface area contributed by atoms with E-state index < -0.39 is 17.4 Å². The number of esters is 1. The highest BCUT2D eigenvalue weighted by molar-refractivity contribution is 5.82. The lowest BCUT2D eigenvalue weighted by Crippen LogP contribution is -2.11.